The number of hydrogen-bond donors (Lipinski definition) is 1. The van der Waals surface area contributed by atoms with E-state index in [4.69, 9.17) is 16.7 Å². The molecule has 0 spiro atoms. The van der Waals surface area contributed by atoms with Crippen molar-refractivity contribution in [2.24, 2.45) is 0 Å². The zero-order valence-corrected chi connectivity index (χ0v) is 14.2. The predicted molar refractivity (Wildman–Crippen MR) is 88.7 cm³/mol. The van der Waals surface area contributed by atoms with Crippen LogP contribution < -0.4 is 0 Å². The van der Waals surface area contributed by atoms with E-state index < -0.39 is 5.97 Å². The van der Waals surface area contributed by atoms with Crippen LogP contribution in [0.2, 0.25) is 5.28 Å². The minimum absolute atomic E-state index is 0.0590. The summed E-state index contributed by atoms with van der Waals surface area (Å²) in [5.41, 5.74) is 2.44. The Morgan fingerprint density at radius 1 is 1.27 bits per heavy atom. The highest BCUT2D eigenvalue weighted by Crippen LogP contribution is 2.27. The molecule has 0 aliphatic heterocycles. The fourth-order valence-electron chi connectivity index (χ4n) is 1.87. The molecule has 22 heavy (non-hydrogen) atoms. The number of carboxylic acids is 1. The summed E-state index contributed by atoms with van der Waals surface area (Å²) in [5.74, 6) is -0.453. The first-order valence-electron chi connectivity index (χ1n) is 6.75. The first kappa shape index (κ1) is 16.8. The van der Waals surface area contributed by atoms with Gasteiger partial charge in [0.15, 0.2) is 5.69 Å². The molecule has 0 radical (unpaired) electrons. The summed E-state index contributed by atoms with van der Waals surface area (Å²) >= 11 is 7.03. The zero-order chi connectivity index (χ0) is 16.3. The molecule has 116 valence electrons. The van der Waals surface area contributed by atoms with Gasteiger partial charge in [0.25, 0.3) is 0 Å². The second-order valence-electron chi connectivity index (χ2n) is 5.89. The van der Waals surface area contributed by atoms with E-state index in [0.29, 0.717) is 10.6 Å². The van der Waals surface area contributed by atoms with Gasteiger partial charge in [-0.05, 0) is 28.1 Å². The summed E-state index contributed by atoms with van der Waals surface area (Å²) in [5, 5.41) is 9.09. The van der Waals surface area contributed by atoms with E-state index in [1.165, 1.54) is 23.5 Å². The monoisotopic (exact) mass is 336 g/mol. The van der Waals surface area contributed by atoms with E-state index in [9.17, 15) is 4.79 Å². The highest BCUT2D eigenvalue weighted by Gasteiger charge is 2.15. The third-order valence-electron chi connectivity index (χ3n) is 3.14. The van der Waals surface area contributed by atoms with Crippen LogP contribution in [0.25, 0.3) is 0 Å². The molecule has 1 heterocycles. The quantitative estimate of drug-likeness (QED) is 0.661. The van der Waals surface area contributed by atoms with Crippen LogP contribution in [0, 0.1) is 0 Å². The molecule has 0 aliphatic rings. The summed E-state index contributed by atoms with van der Waals surface area (Å²) < 4.78 is 0. The van der Waals surface area contributed by atoms with Crippen molar-refractivity contribution in [3.63, 3.8) is 0 Å². The number of hydrogen-bond acceptors (Lipinski definition) is 4. The van der Waals surface area contributed by atoms with E-state index in [0.717, 1.165) is 5.56 Å². The second kappa shape index (κ2) is 6.67. The maximum absolute atomic E-state index is 11.2. The molecule has 0 saturated carbocycles. The van der Waals surface area contributed by atoms with Crippen LogP contribution in [0.5, 0.6) is 0 Å². The molecular formula is C16H17ClN2O2S. The van der Waals surface area contributed by atoms with Gasteiger partial charge in [0, 0.05) is 11.9 Å². The molecule has 0 amide bonds. The number of thioether (sulfide) groups is 1. The summed E-state index contributed by atoms with van der Waals surface area (Å²) in [6.45, 7) is 6.50. The van der Waals surface area contributed by atoms with Gasteiger partial charge in [0.2, 0.25) is 5.28 Å². The summed E-state index contributed by atoms with van der Waals surface area (Å²) in [7, 11) is 0. The maximum atomic E-state index is 11.2. The Kier molecular flexibility index (Phi) is 5.08. The highest BCUT2D eigenvalue weighted by molar-refractivity contribution is 7.98. The molecule has 1 N–H and O–H groups in total. The first-order chi connectivity index (χ1) is 10.3. The Hall–Kier alpha value is -1.59. The molecule has 0 unspecified atom stereocenters. The van der Waals surface area contributed by atoms with Crippen molar-refractivity contribution in [1.82, 2.24) is 9.97 Å². The SMILES string of the molecule is CC(C)(C)c1ccc(CSc2cnc(Cl)nc2C(=O)O)cc1. The second-order valence-corrected chi connectivity index (χ2v) is 7.25. The number of halogens is 1. The first-order valence-corrected chi connectivity index (χ1v) is 8.12. The van der Waals surface area contributed by atoms with Crippen LogP contribution >= 0.6 is 23.4 Å². The molecule has 6 heteroatoms. The minimum atomic E-state index is -1.10. The van der Waals surface area contributed by atoms with Crippen LogP contribution in [0.1, 0.15) is 42.4 Å². The van der Waals surface area contributed by atoms with E-state index in [1.54, 1.807) is 0 Å². The molecule has 1 aromatic carbocycles. The number of rotatable bonds is 4. The van der Waals surface area contributed by atoms with Gasteiger partial charge in [-0.25, -0.2) is 14.8 Å². The highest BCUT2D eigenvalue weighted by atomic mass is 35.5. The van der Waals surface area contributed by atoms with Crippen molar-refractivity contribution in [2.45, 2.75) is 36.8 Å². The number of carboxylic acid groups (broad SMARTS) is 1. The number of nitrogens with zero attached hydrogens (tertiary/aromatic N) is 2. The number of aromatic nitrogens is 2. The van der Waals surface area contributed by atoms with Crippen LogP contribution in [0.3, 0.4) is 0 Å². The summed E-state index contributed by atoms with van der Waals surface area (Å²) in [6.07, 6.45) is 1.45. The van der Waals surface area contributed by atoms with Crippen molar-refractivity contribution < 1.29 is 9.90 Å². The van der Waals surface area contributed by atoms with Crippen molar-refractivity contribution in [3.05, 3.63) is 52.6 Å². The molecule has 4 nitrogen and oxygen atoms in total. The van der Waals surface area contributed by atoms with Gasteiger partial charge in [-0.3, -0.25) is 0 Å². The van der Waals surface area contributed by atoms with Crippen LogP contribution in [0.15, 0.2) is 35.4 Å². The lowest BCUT2D eigenvalue weighted by Crippen LogP contribution is -2.10. The van der Waals surface area contributed by atoms with Crippen LogP contribution in [-0.2, 0) is 11.2 Å². The van der Waals surface area contributed by atoms with E-state index in [2.05, 4.69) is 55.0 Å². The predicted octanol–water partition coefficient (Wildman–Crippen LogP) is 4.42. The van der Waals surface area contributed by atoms with Gasteiger partial charge >= 0.3 is 5.97 Å². The van der Waals surface area contributed by atoms with E-state index >= 15 is 0 Å². The topological polar surface area (TPSA) is 63.1 Å². The molecular weight excluding hydrogens is 320 g/mol. The van der Waals surface area contributed by atoms with Gasteiger partial charge in [-0.2, -0.15) is 0 Å². The van der Waals surface area contributed by atoms with Gasteiger partial charge in [-0.15, -0.1) is 11.8 Å². The zero-order valence-electron chi connectivity index (χ0n) is 12.6. The average molecular weight is 337 g/mol. The standard InChI is InChI=1S/C16H17ClN2O2S/c1-16(2,3)11-6-4-10(5-7-11)9-22-12-8-18-15(17)19-13(12)14(20)21/h4-8H,9H2,1-3H3,(H,20,21). The number of carbonyl (C=O) groups is 1. The summed E-state index contributed by atoms with van der Waals surface area (Å²) in [6, 6.07) is 8.33. The fraction of sp³-hybridized carbons (Fsp3) is 0.312. The molecule has 0 atom stereocenters. The lowest BCUT2D eigenvalue weighted by atomic mass is 9.87. The number of aromatic carboxylic acids is 1. The third-order valence-corrected chi connectivity index (χ3v) is 4.41. The van der Waals surface area contributed by atoms with E-state index in [-0.39, 0.29) is 16.4 Å². The fourth-order valence-corrected chi connectivity index (χ4v) is 2.91. The molecule has 2 rings (SSSR count). The van der Waals surface area contributed by atoms with Crippen molar-refractivity contribution >= 4 is 29.3 Å². The van der Waals surface area contributed by atoms with Crippen molar-refractivity contribution in [3.8, 4) is 0 Å². The Morgan fingerprint density at radius 3 is 2.45 bits per heavy atom. The Balaban J connectivity index is 2.12. The van der Waals surface area contributed by atoms with Crippen LogP contribution in [0.4, 0.5) is 0 Å². The summed E-state index contributed by atoms with van der Waals surface area (Å²) in [4.78, 5) is 19.3. The Bertz CT molecular complexity index is 682. The normalized spacial score (nSPS) is 11.5. The third kappa shape index (κ3) is 4.21. The van der Waals surface area contributed by atoms with Crippen molar-refractivity contribution in [1.29, 1.82) is 0 Å². The van der Waals surface area contributed by atoms with Crippen molar-refractivity contribution in [2.75, 3.05) is 0 Å². The van der Waals surface area contributed by atoms with Gasteiger partial charge in [0.1, 0.15) is 0 Å². The van der Waals surface area contributed by atoms with Gasteiger partial charge < -0.3 is 5.11 Å². The maximum Gasteiger partial charge on any atom is 0.355 e. The molecule has 0 aliphatic carbocycles. The minimum Gasteiger partial charge on any atom is -0.476 e. The Morgan fingerprint density at radius 2 is 1.91 bits per heavy atom. The smallest absolute Gasteiger partial charge is 0.355 e. The molecule has 0 bridgehead atoms. The molecule has 2 aromatic rings. The molecule has 1 aromatic heterocycles. The van der Waals surface area contributed by atoms with Crippen LogP contribution in [-0.4, -0.2) is 21.0 Å². The molecule has 0 fully saturated rings. The lowest BCUT2D eigenvalue weighted by molar-refractivity contribution is 0.0686. The van der Waals surface area contributed by atoms with Gasteiger partial charge in [-0.1, -0.05) is 45.0 Å². The van der Waals surface area contributed by atoms with Gasteiger partial charge in [0.05, 0.1) is 4.90 Å². The average Bonchev–Trinajstić information content (AvgIpc) is 2.45. The lowest BCUT2D eigenvalue weighted by Gasteiger charge is -2.19. The largest absolute Gasteiger partial charge is 0.476 e. The van der Waals surface area contributed by atoms with E-state index in [1.807, 2.05) is 0 Å². The molecule has 0 saturated heterocycles. The Labute approximate surface area is 138 Å². The number of benzene rings is 1.